The van der Waals surface area contributed by atoms with Crippen molar-refractivity contribution in [2.45, 2.75) is 0 Å². The highest BCUT2D eigenvalue weighted by atomic mass is 79.9. The standard InChI is InChI=1S/C13H16BrN3O2/c14-11-3-1-10(2-4-11)13(19)17-7-5-16(6-8-17)12(18)9-15/h1-4H,5-9,15H2. The molecule has 102 valence electrons. The third kappa shape index (κ3) is 3.33. The summed E-state index contributed by atoms with van der Waals surface area (Å²) in [4.78, 5) is 27.1. The molecular weight excluding hydrogens is 310 g/mol. The Balaban J connectivity index is 1.96. The Morgan fingerprint density at radius 3 is 2.11 bits per heavy atom. The number of rotatable bonds is 2. The number of piperazine rings is 1. The molecule has 6 heteroatoms. The summed E-state index contributed by atoms with van der Waals surface area (Å²) < 4.78 is 0.947. The molecule has 1 aliphatic rings. The summed E-state index contributed by atoms with van der Waals surface area (Å²) in [5.41, 5.74) is 5.99. The lowest BCUT2D eigenvalue weighted by atomic mass is 10.2. The van der Waals surface area contributed by atoms with Crippen molar-refractivity contribution < 1.29 is 9.59 Å². The van der Waals surface area contributed by atoms with Crippen LogP contribution in [0.15, 0.2) is 28.7 Å². The van der Waals surface area contributed by atoms with E-state index in [4.69, 9.17) is 5.73 Å². The van der Waals surface area contributed by atoms with Crippen LogP contribution >= 0.6 is 15.9 Å². The minimum Gasteiger partial charge on any atom is -0.338 e. The van der Waals surface area contributed by atoms with Crippen LogP contribution in [0, 0.1) is 0 Å². The van der Waals surface area contributed by atoms with Crippen LogP contribution in [0.4, 0.5) is 0 Å². The van der Waals surface area contributed by atoms with Gasteiger partial charge >= 0.3 is 0 Å². The largest absolute Gasteiger partial charge is 0.338 e. The molecule has 19 heavy (non-hydrogen) atoms. The monoisotopic (exact) mass is 325 g/mol. The summed E-state index contributed by atoms with van der Waals surface area (Å²) in [7, 11) is 0. The average molecular weight is 326 g/mol. The fourth-order valence-corrected chi connectivity index (χ4v) is 2.33. The second kappa shape index (κ2) is 6.16. The predicted octanol–water partition coefficient (Wildman–Crippen LogP) is 0.692. The Kier molecular flexibility index (Phi) is 4.55. The molecular formula is C13H16BrN3O2. The Hall–Kier alpha value is -1.40. The molecule has 0 radical (unpaired) electrons. The molecule has 1 aromatic carbocycles. The first-order valence-electron chi connectivity index (χ1n) is 6.14. The van der Waals surface area contributed by atoms with Crippen LogP contribution in [0.25, 0.3) is 0 Å². The van der Waals surface area contributed by atoms with Gasteiger partial charge in [-0.1, -0.05) is 15.9 Å². The van der Waals surface area contributed by atoms with Gasteiger partial charge in [0.15, 0.2) is 0 Å². The molecule has 2 rings (SSSR count). The Morgan fingerprint density at radius 1 is 1.05 bits per heavy atom. The lowest BCUT2D eigenvalue weighted by Gasteiger charge is -2.34. The van der Waals surface area contributed by atoms with Gasteiger partial charge < -0.3 is 15.5 Å². The average Bonchev–Trinajstić information content (AvgIpc) is 2.46. The van der Waals surface area contributed by atoms with Gasteiger partial charge in [0.25, 0.3) is 5.91 Å². The highest BCUT2D eigenvalue weighted by Gasteiger charge is 2.23. The van der Waals surface area contributed by atoms with Crippen molar-refractivity contribution in [1.29, 1.82) is 0 Å². The lowest BCUT2D eigenvalue weighted by Crippen LogP contribution is -2.51. The van der Waals surface area contributed by atoms with Gasteiger partial charge in [-0.25, -0.2) is 0 Å². The number of nitrogens with zero attached hydrogens (tertiary/aromatic N) is 2. The van der Waals surface area contributed by atoms with E-state index in [9.17, 15) is 9.59 Å². The molecule has 1 saturated heterocycles. The molecule has 0 atom stereocenters. The van der Waals surface area contributed by atoms with E-state index in [0.717, 1.165) is 4.47 Å². The molecule has 0 unspecified atom stereocenters. The van der Waals surface area contributed by atoms with Gasteiger partial charge in [0, 0.05) is 36.2 Å². The highest BCUT2D eigenvalue weighted by molar-refractivity contribution is 9.10. The van der Waals surface area contributed by atoms with Gasteiger partial charge in [-0.3, -0.25) is 9.59 Å². The smallest absolute Gasteiger partial charge is 0.253 e. The van der Waals surface area contributed by atoms with E-state index in [0.29, 0.717) is 31.7 Å². The number of hydrogen-bond acceptors (Lipinski definition) is 3. The maximum atomic E-state index is 12.2. The number of hydrogen-bond donors (Lipinski definition) is 1. The third-order valence-electron chi connectivity index (χ3n) is 3.19. The van der Waals surface area contributed by atoms with Crippen LogP contribution in [0.1, 0.15) is 10.4 Å². The first-order chi connectivity index (χ1) is 9.11. The summed E-state index contributed by atoms with van der Waals surface area (Å²) in [5.74, 6) is -0.0527. The van der Waals surface area contributed by atoms with E-state index < -0.39 is 0 Å². The number of carbonyl (C=O) groups excluding carboxylic acids is 2. The summed E-state index contributed by atoms with van der Waals surface area (Å²) in [6.45, 7) is 2.25. The molecule has 0 saturated carbocycles. The normalized spacial score (nSPS) is 15.5. The molecule has 0 aliphatic carbocycles. The molecule has 0 aromatic heterocycles. The third-order valence-corrected chi connectivity index (χ3v) is 3.71. The molecule has 1 fully saturated rings. The van der Waals surface area contributed by atoms with Crippen LogP contribution in [0.2, 0.25) is 0 Å². The topological polar surface area (TPSA) is 66.6 Å². The summed E-state index contributed by atoms with van der Waals surface area (Å²) in [5, 5.41) is 0. The number of nitrogens with two attached hydrogens (primary N) is 1. The molecule has 2 N–H and O–H groups in total. The number of amides is 2. The molecule has 0 spiro atoms. The van der Waals surface area contributed by atoms with E-state index >= 15 is 0 Å². The maximum absolute atomic E-state index is 12.2. The molecule has 1 aliphatic heterocycles. The number of benzene rings is 1. The van der Waals surface area contributed by atoms with Gasteiger partial charge in [-0.15, -0.1) is 0 Å². The van der Waals surface area contributed by atoms with Gasteiger partial charge in [0.2, 0.25) is 5.91 Å². The molecule has 1 heterocycles. The van der Waals surface area contributed by atoms with Crippen molar-refractivity contribution in [3.8, 4) is 0 Å². The van der Waals surface area contributed by atoms with Crippen LogP contribution in [-0.4, -0.2) is 54.3 Å². The van der Waals surface area contributed by atoms with E-state index in [1.165, 1.54) is 0 Å². The predicted molar refractivity (Wildman–Crippen MR) is 75.7 cm³/mol. The van der Waals surface area contributed by atoms with Crippen molar-refractivity contribution >= 4 is 27.7 Å². The minimum atomic E-state index is -0.0595. The summed E-state index contributed by atoms with van der Waals surface area (Å²) in [6, 6.07) is 7.29. The molecule has 2 amide bonds. The second-order valence-electron chi connectivity index (χ2n) is 4.38. The number of carbonyl (C=O) groups is 2. The second-order valence-corrected chi connectivity index (χ2v) is 5.30. The fraction of sp³-hybridized carbons (Fsp3) is 0.385. The quantitative estimate of drug-likeness (QED) is 0.870. The van der Waals surface area contributed by atoms with E-state index in [-0.39, 0.29) is 18.4 Å². The minimum absolute atomic E-state index is 0.00680. The zero-order chi connectivity index (χ0) is 13.8. The number of halogens is 1. The summed E-state index contributed by atoms with van der Waals surface area (Å²) in [6.07, 6.45) is 0. The molecule has 0 bridgehead atoms. The van der Waals surface area contributed by atoms with Gasteiger partial charge in [-0.2, -0.15) is 0 Å². The van der Waals surface area contributed by atoms with Gasteiger partial charge in [-0.05, 0) is 24.3 Å². The van der Waals surface area contributed by atoms with Gasteiger partial charge in [0.1, 0.15) is 0 Å². The van der Waals surface area contributed by atoms with Crippen molar-refractivity contribution in [2.75, 3.05) is 32.7 Å². The Morgan fingerprint density at radius 2 is 1.58 bits per heavy atom. The van der Waals surface area contributed by atoms with E-state index in [2.05, 4.69) is 15.9 Å². The van der Waals surface area contributed by atoms with Crippen LogP contribution < -0.4 is 5.73 Å². The zero-order valence-electron chi connectivity index (χ0n) is 10.5. The van der Waals surface area contributed by atoms with Crippen molar-refractivity contribution in [3.63, 3.8) is 0 Å². The SMILES string of the molecule is NCC(=O)N1CCN(C(=O)c2ccc(Br)cc2)CC1. The fourth-order valence-electron chi connectivity index (χ4n) is 2.06. The maximum Gasteiger partial charge on any atom is 0.253 e. The molecule has 1 aromatic rings. The van der Waals surface area contributed by atoms with Crippen molar-refractivity contribution in [1.82, 2.24) is 9.80 Å². The molecule has 5 nitrogen and oxygen atoms in total. The van der Waals surface area contributed by atoms with E-state index in [1.54, 1.807) is 21.9 Å². The van der Waals surface area contributed by atoms with E-state index in [1.807, 2.05) is 12.1 Å². The zero-order valence-corrected chi connectivity index (χ0v) is 12.1. The Bertz CT molecular complexity index is 467. The van der Waals surface area contributed by atoms with Crippen LogP contribution in [0.3, 0.4) is 0 Å². The summed E-state index contributed by atoms with van der Waals surface area (Å²) >= 11 is 3.34. The van der Waals surface area contributed by atoms with Crippen molar-refractivity contribution in [2.24, 2.45) is 5.73 Å². The van der Waals surface area contributed by atoms with Crippen LogP contribution in [-0.2, 0) is 4.79 Å². The first kappa shape index (κ1) is 14.0. The highest BCUT2D eigenvalue weighted by Crippen LogP contribution is 2.13. The van der Waals surface area contributed by atoms with Crippen molar-refractivity contribution in [3.05, 3.63) is 34.3 Å². The van der Waals surface area contributed by atoms with Gasteiger partial charge in [0.05, 0.1) is 6.54 Å². The first-order valence-corrected chi connectivity index (χ1v) is 6.94. The van der Waals surface area contributed by atoms with Crippen LogP contribution in [0.5, 0.6) is 0 Å². The lowest BCUT2D eigenvalue weighted by molar-refractivity contribution is -0.131. The Labute approximate surface area is 120 Å².